The Morgan fingerprint density at radius 1 is 1.13 bits per heavy atom. The summed E-state index contributed by atoms with van der Waals surface area (Å²) in [4.78, 5) is 4.47. The molecule has 0 radical (unpaired) electrons. The Balaban J connectivity index is 1.52. The average Bonchev–Trinajstić information content (AvgIpc) is 3.45. The van der Waals surface area contributed by atoms with Crippen LogP contribution in [-0.4, -0.2) is 36.8 Å². The van der Waals surface area contributed by atoms with Gasteiger partial charge in [0.1, 0.15) is 23.9 Å². The number of aromatic nitrogens is 3. The van der Waals surface area contributed by atoms with Gasteiger partial charge in [0.2, 0.25) is 0 Å². The van der Waals surface area contributed by atoms with E-state index in [1.807, 2.05) is 19.1 Å². The zero-order chi connectivity index (χ0) is 20.9. The van der Waals surface area contributed by atoms with E-state index >= 15 is 0 Å². The number of ether oxygens (including phenoxy) is 2. The van der Waals surface area contributed by atoms with Gasteiger partial charge in [0.15, 0.2) is 17.3 Å². The molecule has 0 saturated heterocycles. The summed E-state index contributed by atoms with van der Waals surface area (Å²) in [5, 5.41) is 7.30. The first-order chi connectivity index (χ1) is 14.4. The number of H-pyrrole nitrogens is 1. The number of nitrogens with one attached hydrogen (secondary N) is 2. The summed E-state index contributed by atoms with van der Waals surface area (Å²) in [6.07, 6.45) is 2.18. The maximum absolute atomic E-state index is 13.2. The maximum Gasteiger partial charge on any atom is 0.263 e. The molecule has 0 amide bonds. The van der Waals surface area contributed by atoms with E-state index in [1.165, 1.54) is 12.1 Å². The van der Waals surface area contributed by atoms with Gasteiger partial charge in [0, 0.05) is 23.6 Å². The Bertz CT molecular complexity index is 1240. The summed E-state index contributed by atoms with van der Waals surface area (Å²) in [5.74, 6) is 2.46. The number of rotatable bonds is 5. The van der Waals surface area contributed by atoms with Crippen LogP contribution in [0.3, 0.4) is 0 Å². The van der Waals surface area contributed by atoms with Crippen LogP contribution in [0.5, 0.6) is 11.5 Å². The molecule has 2 heterocycles. The van der Waals surface area contributed by atoms with Gasteiger partial charge in [-0.2, -0.15) is 5.10 Å². The fraction of sp³-hybridized carbons (Fsp3) is 0.300. The van der Waals surface area contributed by atoms with Gasteiger partial charge in [-0.15, -0.1) is 0 Å². The van der Waals surface area contributed by atoms with Crippen molar-refractivity contribution in [3.05, 3.63) is 46.7 Å². The molecule has 0 bridgehead atoms. The normalized spacial score (nSPS) is 15.8. The molecule has 1 aliphatic heterocycles. The number of benzene rings is 2. The lowest BCUT2D eigenvalue weighted by Gasteiger charge is -2.20. The van der Waals surface area contributed by atoms with E-state index < -0.39 is 10.0 Å². The SMILES string of the molecule is Cc1ccc(NS(=O)(=O)c2cc3c(cc2Cl)OCCO3)c(-c2n[nH]c(C3CC3)n2)c1. The molecule has 0 atom stereocenters. The molecule has 10 heteroatoms. The zero-order valence-electron chi connectivity index (χ0n) is 16.1. The summed E-state index contributed by atoms with van der Waals surface area (Å²) >= 11 is 6.25. The topological polar surface area (TPSA) is 106 Å². The number of aryl methyl sites for hydroxylation is 1. The predicted molar refractivity (Wildman–Crippen MR) is 112 cm³/mol. The zero-order valence-corrected chi connectivity index (χ0v) is 17.7. The van der Waals surface area contributed by atoms with Crippen LogP contribution in [0, 0.1) is 6.92 Å². The minimum absolute atomic E-state index is 0.0503. The molecule has 30 heavy (non-hydrogen) atoms. The van der Waals surface area contributed by atoms with E-state index in [-0.39, 0.29) is 9.92 Å². The highest BCUT2D eigenvalue weighted by Crippen LogP contribution is 2.40. The van der Waals surface area contributed by atoms with Crippen LogP contribution in [0.25, 0.3) is 11.4 Å². The van der Waals surface area contributed by atoms with E-state index in [9.17, 15) is 8.42 Å². The number of halogens is 1. The Morgan fingerprint density at radius 2 is 1.87 bits per heavy atom. The molecule has 0 spiro atoms. The van der Waals surface area contributed by atoms with Gasteiger partial charge >= 0.3 is 0 Å². The van der Waals surface area contributed by atoms with Crippen LogP contribution in [-0.2, 0) is 10.0 Å². The maximum atomic E-state index is 13.2. The summed E-state index contributed by atoms with van der Waals surface area (Å²) in [6, 6.07) is 8.20. The molecule has 3 aromatic rings. The lowest BCUT2D eigenvalue weighted by molar-refractivity contribution is 0.171. The van der Waals surface area contributed by atoms with Gasteiger partial charge in [0.05, 0.1) is 10.7 Å². The molecule has 1 saturated carbocycles. The molecule has 8 nitrogen and oxygen atoms in total. The van der Waals surface area contributed by atoms with E-state index in [2.05, 4.69) is 19.9 Å². The van der Waals surface area contributed by atoms with Gasteiger partial charge in [-0.05, 0) is 31.9 Å². The molecular formula is C20H19ClN4O4S. The van der Waals surface area contributed by atoms with Crippen molar-refractivity contribution in [3.63, 3.8) is 0 Å². The first-order valence-electron chi connectivity index (χ1n) is 9.56. The van der Waals surface area contributed by atoms with Crippen LogP contribution >= 0.6 is 11.6 Å². The smallest absolute Gasteiger partial charge is 0.263 e. The Labute approximate surface area is 178 Å². The third kappa shape index (κ3) is 3.59. The van der Waals surface area contributed by atoms with Crippen molar-refractivity contribution in [3.8, 4) is 22.9 Å². The van der Waals surface area contributed by atoms with Crippen molar-refractivity contribution >= 4 is 27.3 Å². The second kappa shape index (κ2) is 7.17. The largest absolute Gasteiger partial charge is 0.486 e. The molecule has 2 N–H and O–H groups in total. The number of hydrogen-bond donors (Lipinski definition) is 2. The van der Waals surface area contributed by atoms with Crippen LogP contribution in [0.4, 0.5) is 5.69 Å². The van der Waals surface area contributed by atoms with Crippen molar-refractivity contribution in [2.75, 3.05) is 17.9 Å². The van der Waals surface area contributed by atoms with Crippen LogP contribution in [0.2, 0.25) is 5.02 Å². The summed E-state index contributed by atoms with van der Waals surface area (Å²) in [5.41, 5.74) is 1.92. The molecule has 1 aromatic heterocycles. The molecule has 1 fully saturated rings. The van der Waals surface area contributed by atoms with Crippen LogP contribution in [0.1, 0.15) is 30.1 Å². The summed E-state index contributed by atoms with van der Waals surface area (Å²) in [6.45, 7) is 2.66. The van der Waals surface area contributed by atoms with Gasteiger partial charge in [-0.25, -0.2) is 13.4 Å². The van der Waals surface area contributed by atoms with Gasteiger partial charge in [-0.3, -0.25) is 9.82 Å². The first-order valence-corrected chi connectivity index (χ1v) is 11.4. The van der Waals surface area contributed by atoms with Crippen molar-refractivity contribution < 1.29 is 17.9 Å². The molecule has 2 aromatic carbocycles. The first kappa shape index (κ1) is 19.2. The van der Waals surface area contributed by atoms with Crippen molar-refractivity contribution in [2.24, 2.45) is 0 Å². The summed E-state index contributed by atoms with van der Waals surface area (Å²) < 4.78 is 39.9. The third-order valence-corrected chi connectivity index (χ3v) is 6.84. The van der Waals surface area contributed by atoms with Gasteiger partial charge < -0.3 is 9.47 Å². The lowest BCUT2D eigenvalue weighted by Crippen LogP contribution is -2.18. The quantitative estimate of drug-likeness (QED) is 0.616. The number of sulfonamides is 1. The van der Waals surface area contributed by atoms with Gasteiger partial charge in [0.25, 0.3) is 10.0 Å². The molecule has 5 rings (SSSR count). The Morgan fingerprint density at radius 3 is 2.60 bits per heavy atom. The third-order valence-electron chi connectivity index (χ3n) is 5.01. The fourth-order valence-electron chi connectivity index (χ4n) is 3.32. The Kier molecular flexibility index (Phi) is 4.59. The van der Waals surface area contributed by atoms with Crippen molar-refractivity contribution in [2.45, 2.75) is 30.6 Å². The van der Waals surface area contributed by atoms with Crippen molar-refractivity contribution in [1.29, 1.82) is 0 Å². The number of anilines is 1. The van der Waals surface area contributed by atoms with E-state index in [0.29, 0.717) is 47.7 Å². The fourth-order valence-corrected chi connectivity index (χ4v) is 4.93. The van der Waals surface area contributed by atoms with Crippen molar-refractivity contribution in [1.82, 2.24) is 15.2 Å². The predicted octanol–water partition coefficient (Wildman–Crippen LogP) is 3.88. The molecule has 2 aliphatic rings. The number of nitrogens with zero attached hydrogens (tertiary/aromatic N) is 2. The summed E-state index contributed by atoms with van der Waals surface area (Å²) in [7, 11) is -4.00. The Hall–Kier alpha value is -2.78. The highest BCUT2D eigenvalue weighted by Gasteiger charge is 2.28. The van der Waals surface area contributed by atoms with Crippen LogP contribution in [0.15, 0.2) is 35.2 Å². The minimum atomic E-state index is -4.00. The monoisotopic (exact) mass is 446 g/mol. The van der Waals surface area contributed by atoms with Crippen LogP contribution < -0.4 is 14.2 Å². The highest BCUT2D eigenvalue weighted by atomic mass is 35.5. The highest BCUT2D eigenvalue weighted by molar-refractivity contribution is 7.92. The lowest BCUT2D eigenvalue weighted by atomic mass is 10.1. The minimum Gasteiger partial charge on any atom is -0.486 e. The molecule has 1 aliphatic carbocycles. The van der Waals surface area contributed by atoms with Gasteiger partial charge in [-0.1, -0.05) is 23.2 Å². The molecule has 0 unspecified atom stereocenters. The van der Waals surface area contributed by atoms with E-state index in [4.69, 9.17) is 21.1 Å². The average molecular weight is 447 g/mol. The number of aromatic amines is 1. The number of hydrogen-bond acceptors (Lipinski definition) is 6. The van der Waals surface area contributed by atoms with E-state index in [0.717, 1.165) is 24.2 Å². The second-order valence-corrected chi connectivity index (χ2v) is 9.46. The number of fused-ring (bicyclic) bond motifs is 1. The van der Waals surface area contributed by atoms with E-state index in [1.54, 1.807) is 6.07 Å². The molecule has 156 valence electrons. The standard InChI is InChI=1S/C20H19ClN4O4S/c1-11-2-5-15(13(8-11)20-22-19(23-24-20)12-3-4-12)25-30(26,27)18-10-17-16(9-14(18)21)28-6-7-29-17/h2,5,8-10,12,25H,3-4,6-7H2,1H3,(H,22,23,24). The second-order valence-electron chi connectivity index (χ2n) is 7.40. The molecular weight excluding hydrogens is 428 g/mol.